The summed E-state index contributed by atoms with van der Waals surface area (Å²) < 4.78 is 0. The van der Waals surface area contributed by atoms with Crippen molar-refractivity contribution in [3.05, 3.63) is 0 Å². The van der Waals surface area contributed by atoms with Gasteiger partial charge in [0.25, 0.3) is 0 Å². The van der Waals surface area contributed by atoms with Crippen LogP contribution in [0.1, 0.15) is 0 Å². The summed E-state index contributed by atoms with van der Waals surface area (Å²) in [6.07, 6.45) is -5.29. The monoisotopic (exact) mass is 194 g/mol. The molecule has 0 spiro atoms. The van der Waals surface area contributed by atoms with Crippen molar-refractivity contribution in [2.24, 2.45) is 5.92 Å². The maximum atomic E-state index is 9.37. The Morgan fingerprint density at radius 3 is 1.77 bits per heavy atom. The van der Waals surface area contributed by atoms with E-state index in [1.165, 1.54) is 0 Å². The predicted molar refractivity (Wildman–Crippen MR) is 41.3 cm³/mol. The summed E-state index contributed by atoms with van der Waals surface area (Å²) in [5.74, 6) is -0.701. The van der Waals surface area contributed by atoms with Crippen molar-refractivity contribution in [1.82, 2.24) is 0 Å². The van der Waals surface area contributed by atoms with Gasteiger partial charge < -0.3 is 31.3 Å². The molecule has 0 aromatic heterocycles. The minimum Gasteiger partial charge on any atom is -0.396 e. The molecule has 1 aliphatic carbocycles. The van der Waals surface area contributed by atoms with Gasteiger partial charge in [0.2, 0.25) is 0 Å². The molecule has 0 bridgehead atoms. The second-order valence-corrected chi connectivity index (χ2v) is 3.47. The molecular weight excluding hydrogens is 178 g/mol. The molecule has 6 nitrogen and oxygen atoms in total. The zero-order chi connectivity index (χ0) is 10.2. The molecule has 1 fully saturated rings. The third-order valence-electron chi connectivity index (χ3n) is 2.69. The number of hydrogen-bond donors (Lipinski definition) is 6. The fraction of sp³-hybridized carbons (Fsp3) is 1.00. The zero-order valence-electron chi connectivity index (χ0n) is 7.11. The van der Waals surface area contributed by atoms with Crippen molar-refractivity contribution in [1.29, 1.82) is 0 Å². The first-order chi connectivity index (χ1) is 6.00. The van der Waals surface area contributed by atoms with Crippen LogP contribution < -0.4 is 5.73 Å². The molecule has 1 saturated carbocycles. The average Bonchev–Trinajstić information content (AvgIpc) is 2.13. The molecule has 0 aromatic rings. The number of aliphatic hydroxyl groups is 5. The lowest BCUT2D eigenvalue weighted by atomic mass is 9.78. The van der Waals surface area contributed by atoms with Crippen molar-refractivity contribution >= 4 is 0 Å². The molecule has 6 heteroatoms. The van der Waals surface area contributed by atoms with Gasteiger partial charge in [-0.1, -0.05) is 0 Å². The SMILES string of the molecule is [NH3+][C@H]1[C@H](O)[C@@H](O)[C@@H](O)[C@H](O)[C@H]1CO. The van der Waals surface area contributed by atoms with Gasteiger partial charge in [0, 0.05) is 0 Å². The molecule has 0 saturated heterocycles. The van der Waals surface area contributed by atoms with E-state index in [1.807, 2.05) is 0 Å². The fourth-order valence-corrected chi connectivity index (χ4v) is 1.66. The Hall–Kier alpha value is -0.240. The highest BCUT2D eigenvalue weighted by Gasteiger charge is 2.49. The van der Waals surface area contributed by atoms with E-state index in [9.17, 15) is 20.4 Å². The highest BCUT2D eigenvalue weighted by atomic mass is 16.4. The Kier molecular flexibility index (Phi) is 3.23. The van der Waals surface area contributed by atoms with Crippen molar-refractivity contribution < 1.29 is 31.3 Å². The lowest BCUT2D eigenvalue weighted by Gasteiger charge is -2.39. The van der Waals surface area contributed by atoms with E-state index in [0.717, 1.165) is 0 Å². The first-order valence-electron chi connectivity index (χ1n) is 4.17. The molecule has 0 aromatic carbocycles. The highest BCUT2D eigenvalue weighted by Crippen LogP contribution is 2.23. The van der Waals surface area contributed by atoms with E-state index in [4.69, 9.17) is 5.11 Å². The molecule has 1 rings (SSSR count). The van der Waals surface area contributed by atoms with Crippen LogP contribution in [0.15, 0.2) is 0 Å². The Balaban J connectivity index is 2.79. The highest BCUT2D eigenvalue weighted by molar-refractivity contribution is 4.97. The maximum absolute atomic E-state index is 9.37. The van der Waals surface area contributed by atoms with E-state index in [1.54, 1.807) is 0 Å². The van der Waals surface area contributed by atoms with Crippen molar-refractivity contribution in [2.75, 3.05) is 6.61 Å². The smallest absolute Gasteiger partial charge is 0.134 e. The summed E-state index contributed by atoms with van der Waals surface area (Å²) in [4.78, 5) is 0. The van der Waals surface area contributed by atoms with Crippen LogP contribution in [-0.2, 0) is 0 Å². The van der Waals surface area contributed by atoms with Gasteiger partial charge in [0.15, 0.2) is 0 Å². The third kappa shape index (κ3) is 1.69. The van der Waals surface area contributed by atoms with Crippen molar-refractivity contribution in [2.45, 2.75) is 30.5 Å². The van der Waals surface area contributed by atoms with Gasteiger partial charge in [-0.15, -0.1) is 0 Å². The van der Waals surface area contributed by atoms with E-state index < -0.39 is 36.4 Å². The van der Waals surface area contributed by atoms with Gasteiger partial charge >= 0.3 is 0 Å². The minimum atomic E-state index is -1.43. The summed E-state index contributed by atoms with van der Waals surface area (Å²) in [6.45, 7) is -0.379. The topological polar surface area (TPSA) is 129 Å². The van der Waals surface area contributed by atoms with Crippen molar-refractivity contribution in [3.8, 4) is 0 Å². The third-order valence-corrected chi connectivity index (χ3v) is 2.69. The number of hydrogen-bond acceptors (Lipinski definition) is 5. The quantitative estimate of drug-likeness (QED) is 0.251. The Morgan fingerprint density at radius 2 is 1.31 bits per heavy atom. The van der Waals surface area contributed by atoms with E-state index in [0.29, 0.717) is 0 Å². The summed E-state index contributed by atoms with van der Waals surface area (Å²) in [6, 6.07) is -0.682. The van der Waals surface area contributed by atoms with Crippen LogP contribution in [0.25, 0.3) is 0 Å². The molecule has 13 heavy (non-hydrogen) atoms. The lowest BCUT2D eigenvalue weighted by Crippen LogP contribution is -2.78. The summed E-state index contributed by atoms with van der Waals surface area (Å²) in [5.41, 5.74) is 3.52. The molecular formula is C7H16NO5+. The molecule has 8 N–H and O–H groups in total. The summed E-state index contributed by atoms with van der Waals surface area (Å²) in [5, 5.41) is 46.0. The second-order valence-electron chi connectivity index (χ2n) is 3.47. The molecule has 0 aliphatic heterocycles. The minimum absolute atomic E-state index is 0.379. The number of rotatable bonds is 1. The van der Waals surface area contributed by atoms with Gasteiger partial charge in [0.05, 0.1) is 18.6 Å². The number of aliphatic hydroxyl groups excluding tert-OH is 5. The van der Waals surface area contributed by atoms with Gasteiger partial charge in [-0.05, 0) is 0 Å². The molecule has 1 aliphatic rings. The van der Waals surface area contributed by atoms with Crippen LogP contribution >= 0.6 is 0 Å². The van der Waals surface area contributed by atoms with Gasteiger partial charge in [-0.25, -0.2) is 0 Å². The first kappa shape index (κ1) is 10.8. The molecule has 6 atom stereocenters. The normalized spacial score (nSPS) is 52.2. The summed E-state index contributed by atoms with van der Waals surface area (Å²) >= 11 is 0. The Morgan fingerprint density at radius 1 is 0.846 bits per heavy atom. The van der Waals surface area contributed by atoms with Crippen LogP contribution in [0.3, 0.4) is 0 Å². The standard InChI is InChI=1S/C7H15NO5/c8-3-2(1-9)4(10)6(12)7(13)5(3)11/h2-7,9-13H,1,8H2/p+1/t2-,3+,4+,5-,6-,7+/m0/s1. The molecule has 0 heterocycles. The van der Waals surface area contributed by atoms with Gasteiger partial charge in [0.1, 0.15) is 24.4 Å². The largest absolute Gasteiger partial charge is 0.396 e. The van der Waals surface area contributed by atoms with Crippen molar-refractivity contribution in [3.63, 3.8) is 0 Å². The van der Waals surface area contributed by atoms with E-state index in [-0.39, 0.29) is 6.61 Å². The van der Waals surface area contributed by atoms with Crippen LogP contribution in [0.2, 0.25) is 0 Å². The fourth-order valence-electron chi connectivity index (χ4n) is 1.66. The van der Waals surface area contributed by atoms with Gasteiger partial charge in [-0.2, -0.15) is 0 Å². The first-order valence-corrected chi connectivity index (χ1v) is 4.17. The summed E-state index contributed by atoms with van der Waals surface area (Å²) in [7, 11) is 0. The van der Waals surface area contributed by atoms with Crippen LogP contribution in [0.5, 0.6) is 0 Å². The predicted octanol–water partition coefficient (Wildman–Crippen LogP) is -4.34. The maximum Gasteiger partial charge on any atom is 0.134 e. The second kappa shape index (κ2) is 3.87. The molecule has 0 unspecified atom stereocenters. The molecule has 0 amide bonds. The average molecular weight is 194 g/mol. The Labute approximate surface area is 75.2 Å². The Bertz CT molecular complexity index is 162. The molecule has 78 valence electrons. The van der Waals surface area contributed by atoms with Crippen LogP contribution in [-0.4, -0.2) is 62.6 Å². The van der Waals surface area contributed by atoms with Crippen LogP contribution in [0, 0.1) is 5.92 Å². The molecule has 0 radical (unpaired) electrons. The van der Waals surface area contributed by atoms with E-state index >= 15 is 0 Å². The number of quaternary nitrogens is 1. The van der Waals surface area contributed by atoms with E-state index in [2.05, 4.69) is 5.73 Å². The zero-order valence-corrected chi connectivity index (χ0v) is 7.11. The van der Waals surface area contributed by atoms with Gasteiger partial charge in [-0.3, -0.25) is 0 Å². The lowest BCUT2D eigenvalue weighted by molar-refractivity contribution is -0.472. The van der Waals surface area contributed by atoms with Crippen LogP contribution in [0.4, 0.5) is 0 Å².